The van der Waals surface area contributed by atoms with Crippen molar-refractivity contribution in [3.05, 3.63) is 102 Å². The highest BCUT2D eigenvalue weighted by atomic mass is 32.1. The Morgan fingerprint density at radius 3 is 2.75 bits per heavy atom. The SMILES string of the molecule is [2H]C([2H])(c1ccnc(-c2cccc3c2sc2cc(F)ccc23)c1)c1ccccc1C. The third-order valence-electron chi connectivity index (χ3n) is 4.92. The van der Waals surface area contributed by atoms with E-state index in [1.165, 1.54) is 17.4 Å². The van der Waals surface area contributed by atoms with Gasteiger partial charge in [0.2, 0.25) is 0 Å². The van der Waals surface area contributed by atoms with Crippen LogP contribution in [-0.2, 0) is 6.37 Å². The van der Waals surface area contributed by atoms with E-state index >= 15 is 0 Å². The summed E-state index contributed by atoms with van der Waals surface area (Å²) in [4.78, 5) is 4.54. The standard InChI is InChI=1S/C25H18FNS/c1-16-5-2-3-6-18(16)13-17-11-12-27-23(14-17)22-8-4-7-21-20-10-9-19(26)15-24(20)28-25(21)22/h2-12,14-15H,13H2,1H3/i13D2. The number of rotatable bonds is 3. The van der Waals surface area contributed by atoms with Gasteiger partial charge in [0, 0.05) is 34.7 Å². The van der Waals surface area contributed by atoms with Crippen LogP contribution in [-0.4, -0.2) is 4.98 Å². The van der Waals surface area contributed by atoms with E-state index in [1.54, 1.807) is 18.3 Å². The Morgan fingerprint density at radius 2 is 1.86 bits per heavy atom. The van der Waals surface area contributed by atoms with Crippen LogP contribution < -0.4 is 0 Å². The average molecular weight is 386 g/mol. The Morgan fingerprint density at radius 1 is 0.964 bits per heavy atom. The number of aromatic nitrogens is 1. The first-order chi connectivity index (χ1) is 14.4. The van der Waals surface area contributed by atoms with Crippen molar-refractivity contribution in [2.75, 3.05) is 0 Å². The quantitative estimate of drug-likeness (QED) is 0.321. The molecule has 0 aliphatic carbocycles. The van der Waals surface area contributed by atoms with Crippen molar-refractivity contribution < 1.29 is 7.13 Å². The lowest BCUT2D eigenvalue weighted by molar-refractivity contribution is 0.630. The number of pyridine rings is 1. The zero-order valence-corrected chi connectivity index (χ0v) is 16.1. The van der Waals surface area contributed by atoms with Gasteiger partial charge in [0.1, 0.15) is 5.82 Å². The topological polar surface area (TPSA) is 12.9 Å². The summed E-state index contributed by atoms with van der Waals surface area (Å²) in [7, 11) is 0. The molecule has 28 heavy (non-hydrogen) atoms. The lowest BCUT2D eigenvalue weighted by Crippen LogP contribution is -1.93. The van der Waals surface area contributed by atoms with E-state index < -0.39 is 6.37 Å². The Hall–Kier alpha value is -3.04. The smallest absolute Gasteiger partial charge is 0.124 e. The van der Waals surface area contributed by atoms with Gasteiger partial charge in [-0.15, -0.1) is 11.3 Å². The maximum Gasteiger partial charge on any atom is 0.124 e. The van der Waals surface area contributed by atoms with Crippen molar-refractivity contribution in [3.8, 4) is 11.3 Å². The Kier molecular flexibility index (Phi) is 3.65. The third-order valence-corrected chi connectivity index (χ3v) is 6.12. The second-order valence-corrected chi connectivity index (χ2v) is 7.85. The first kappa shape index (κ1) is 14.9. The molecule has 0 bridgehead atoms. The van der Waals surface area contributed by atoms with Crippen LogP contribution in [0.15, 0.2) is 79.0 Å². The van der Waals surface area contributed by atoms with Gasteiger partial charge < -0.3 is 0 Å². The summed E-state index contributed by atoms with van der Waals surface area (Å²) in [6.45, 7) is 1.92. The number of hydrogen-bond acceptors (Lipinski definition) is 2. The molecule has 2 heterocycles. The van der Waals surface area contributed by atoms with Crippen molar-refractivity contribution in [1.82, 2.24) is 4.98 Å². The molecule has 5 aromatic rings. The van der Waals surface area contributed by atoms with Gasteiger partial charge in [-0.25, -0.2) is 4.39 Å². The summed E-state index contributed by atoms with van der Waals surface area (Å²) in [6, 6.07) is 21.9. The number of hydrogen-bond donors (Lipinski definition) is 0. The van der Waals surface area contributed by atoms with E-state index in [9.17, 15) is 4.39 Å². The number of thiophene rings is 1. The van der Waals surface area contributed by atoms with E-state index in [-0.39, 0.29) is 5.82 Å². The monoisotopic (exact) mass is 385 g/mol. The average Bonchev–Trinajstić information content (AvgIpc) is 3.11. The molecule has 3 aromatic carbocycles. The summed E-state index contributed by atoms with van der Waals surface area (Å²) >= 11 is 1.54. The van der Waals surface area contributed by atoms with Crippen LogP contribution in [0, 0.1) is 12.7 Å². The number of nitrogens with zero attached hydrogens (tertiary/aromatic N) is 1. The Bertz CT molecular complexity index is 1410. The van der Waals surface area contributed by atoms with Crippen molar-refractivity contribution in [2.45, 2.75) is 13.3 Å². The molecule has 0 saturated carbocycles. The summed E-state index contributed by atoms with van der Waals surface area (Å²) in [5, 5.41) is 2.08. The predicted molar refractivity (Wildman–Crippen MR) is 117 cm³/mol. The van der Waals surface area contributed by atoms with Crippen molar-refractivity contribution in [2.24, 2.45) is 0 Å². The molecular weight excluding hydrogens is 365 g/mol. The number of aryl methyl sites for hydroxylation is 1. The molecule has 0 N–H and O–H groups in total. The van der Waals surface area contributed by atoms with Crippen LogP contribution in [0.3, 0.4) is 0 Å². The predicted octanol–water partition coefficient (Wildman–Crippen LogP) is 7.15. The summed E-state index contributed by atoms with van der Waals surface area (Å²) < 4.78 is 33.2. The van der Waals surface area contributed by atoms with Crippen LogP contribution in [0.4, 0.5) is 4.39 Å². The van der Waals surface area contributed by atoms with E-state index in [2.05, 4.69) is 4.98 Å². The highest BCUT2D eigenvalue weighted by Crippen LogP contribution is 2.39. The molecule has 3 heteroatoms. The summed E-state index contributed by atoms with van der Waals surface area (Å²) in [5.74, 6) is -0.248. The lowest BCUT2D eigenvalue weighted by Gasteiger charge is -2.08. The molecule has 5 rings (SSSR count). The highest BCUT2D eigenvalue weighted by Gasteiger charge is 2.12. The van der Waals surface area contributed by atoms with E-state index in [1.807, 2.05) is 61.5 Å². The van der Waals surface area contributed by atoms with Crippen molar-refractivity contribution in [1.29, 1.82) is 0 Å². The van der Waals surface area contributed by atoms with Crippen LogP contribution in [0.5, 0.6) is 0 Å². The summed E-state index contributed by atoms with van der Waals surface area (Å²) in [5.41, 5.74) is 3.76. The first-order valence-corrected chi connectivity index (χ1v) is 9.90. The number of halogens is 1. The molecule has 0 unspecified atom stereocenters. The molecule has 0 amide bonds. The maximum atomic E-state index is 13.7. The van der Waals surface area contributed by atoms with Crippen LogP contribution >= 0.6 is 11.3 Å². The maximum absolute atomic E-state index is 13.7. The molecule has 0 fully saturated rings. The van der Waals surface area contributed by atoms with Crippen molar-refractivity contribution in [3.63, 3.8) is 0 Å². The van der Waals surface area contributed by atoms with Crippen LogP contribution in [0.25, 0.3) is 31.4 Å². The highest BCUT2D eigenvalue weighted by molar-refractivity contribution is 7.26. The minimum atomic E-state index is -1.64. The van der Waals surface area contributed by atoms with Crippen LogP contribution in [0.1, 0.15) is 19.4 Å². The number of benzene rings is 3. The minimum absolute atomic E-state index is 0.248. The molecule has 136 valence electrons. The van der Waals surface area contributed by atoms with E-state index in [4.69, 9.17) is 2.74 Å². The van der Waals surface area contributed by atoms with E-state index in [0.717, 1.165) is 31.3 Å². The molecule has 0 spiro atoms. The molecule has 0 radical (unpaired) electrons. The van der Waals surface area contributed by atoms with E-state index in [0.29, 0.717) is 16.8 Å². The lowest BCUT2D eigenvalue weighted by atomic mass is 9.99. The zero-order valence-electron chi connectivity index (χ0n) is 17.2. The fourth-order valence-corrected chi connectivity index (χ4v) is 4.75. The van der Waals surface area contributed by atoms with Gasteiger partial charge in [-0.3, -0.25) is 4.98 Å². The normalized spacial score (nSPS) is 12.9. The molecule has 1 nitrogen and oxygen atoms in total. The zero-order chi connectivity index (χ0) is 20.9. The fraction of sp³-hybridized carbons (Fsp3) is 0.0800. The minimum Gasteiger partial charge on any atom is -0.256 e. The molecule has 0 aliphatic rings. The summed E-state index contributed by atoms with van der Waals surface area (Å²) in [6.07, 6.45) is 0.0206. The Labute approximate surface area is 169 Å². The molecular formula is C25H18FNS. The van der Waals surface area contributed by atoms with Gasteiger partial charge in [-0.05, 0) is 54.3 Å². The third kappa shape index (κ3) is 2.98. The van der Waals surface area contributed by atoms with Gasteiger partial charge in [-0.1, -0.05) is 48.5 Å². The Balaban J connectivity index is 1.69. The van der Waals surface area contributed by atoms with Gasteiger partial charge in [0.15, 0.2) is 0 Å². The largest absolute Gasteiger partial charge is 0.256 e. The first-order valence-electron chi connectivity index (χ1n) is 10.1. The van der Waals surface area contributed by atoms with Crippen molar-refractivity contribution >= 4 is 31.5 Å². The molecule has 2 aromatic heterocycles. The second kappa shape index (κ2) is 6.84. The van der Waals surface area contributed by atoms with Gasteiger partial charge in [0.25, 0.3) is 0 Å². The van der Waals surface area contributed by atoms with Gasteiger partial charge in [0.05, 0.1) is 5.69 Å². The number of fused-ring (bicyclic) bond motifs is 3. The molecule has 0 saturated heterocycles. The van der Waals surface area contributed by atoms with Gasteiger partial charge >= 0.3 is 0 Å². The fourth-order valence-electron chi connectivity index (χ4n) is 3.50. The van der Waals surface area contributed by atoms with Gasteiger partial charge in [-0.2, -0.15) is 0 Å². The second-order valence-electron chi connectivity index (χ2n) is 6.79. The molecule has 0 atom stereocenters. The van der Waals surface area contributed by atoms with Crippen LogP contribution in [0.2, 0.25) is 0 Å². The molecule has 0 aliphatic heterocycles.